The van der Waals surface area contributed by atoms with E-state index in [1.165, 1.54) is 29.2 Å². The highest BCUT2D eigenvalue weighted by Gasteiger charge is 2.37. The fraction of sp³-hybridized carbons (Fsp3) is 0.304. The highest BCUT2D eigenvalue weighted by Crippen LogP contribution is 2.38. The van der Waals surface area contributed by atoms with Crippen molar-refractivity contribution in [3.8, 4) is 0 Å². The van der Waals surface area contributed by atoms with Crippen molar-refractivity contribution in [3.05, 3.63) is 82.3 Å². The Kier molecular flexibility index (Phi) is 6.29. The van der Waals surface area contributed by atoms with Gasteiger partial charge in [-0.05, 0) is 44.5 Å². The number of nitrogens with zero attached hydrogens (tertiary/aromatic N) is 1. The molecule has 0 aromatic heterocycles. The second-order valence-corrected chi connectivity index (χ2v) is 7.48. The lowest BCUT2D eigenvalue weighted by Gasteiger charge is -2.35. The van der Waals surface area contributed by atoms with Crippen molar-refractivity contribution < 1.29 is 27.5 Å². The van der Waals surface area contributed by atoms with Crippen molar-refractivity contribution >= 4 is 11.9 Å². The van der Waals surface area contributed by atoms with Crippen molar-refractivity contribution in [1.29, 1.82) is 0 Å². The minimum atomic E-state index is -0.783. The first-order valence-electron chi connectivity index (χ1n) is 9.59. The number of esters is 1. The first-order valence-corrected chi connectivity index (χ1v) is 9.59. The fourth-order valence-corrected chi connectivity index (χ4v) is 3.57. The van der Waals surface area contributed by atoms with Gasteiger partial charge in [0.05, 0.1) is 18.2 Å². The van der Waals surface area contributed by atoms with Gasteiger partial charge in [0.1, 0.15) is 17.5 Å². The van der Waals surface area contributed by atoms with Crippen LogP contribution in [0.15, 0.2) is 53.7 Å². The third-order valence-electron chi connectivity index (χ3n) is 4.98. The number of amides is 1. The van der Waals surface area contributed by atoms with Crippen LogP contribution in [0.1, 0.15) is 44.2 Å². The summed E-state index contributed by atoms with van der Waals surface area (Å²) in [5.41, 5.74) is 1.11. The first kappa shape index (κ1) is 21.6. The van der Waals surface area contributed by atoms with E-state index in [9.17, 15) is 22.8 Å². The summed E-state index contributed by atoms with van der Waals surface area (Å²) >= 11 is 0. The summed E-state index contributed by atoms with van der Waals surface area (Å²) in [6.45, 7) is 4.81. The van der Waals surface area contributed by atoms with Gasteiger partial charge in [0.15, 0.2) is 0 Å². The maximum absolute atomic E-state index is 14.1. The second-order valence-electron chi connectivity index (χ2n) is 7.48. The highest BCUT2D eigenvalue weighted by atomic mass is 19.1. The highest BCUT2D eigenvalue weighted by molar-refractivity contribution is 5.96. The van der Waals surface area contributed by atoms with Gasteiger partial charge >= 0.3 is 5.97 Å². The molecule has 1 aliphatic heterocycles. The number of hydrogen-bond donors (Lipinski definition) is 0. The largest absolute Gasteiger partial charge is 0.460 e. The predicted octanol–water partition coefficient (Wildman–Crippen LogP) is 4.85. The molecule has 0 bridgehead atoms. The molecule has 0 spiro atoms. The summed E-state index contributed by atoms with van der Waals surface area (Å²) < 4.78 is 46.5. The van der Waals surface area contributed by atoms with E-state index in [2.05, 4.69) is 0 Å². The summed E-state index contributed by atoms with van der Waals surface area (Å²) in [5.74, 6) is -3.64. The third-order valence-corrected chi connectivity index (χ3v) is 4.98. The smallest absolute Gasteiger partial charge is 0.336 e. The van der Waals surface area contributed by atoms with Crippen LogP contribution in [-0.4, -0.2) is 22.9 Å². The van der Waals surface area contributed by atoms with Gasteiger partial charge in [-0.25, -0.2) is 18.0 Å². The molecule has 0 unspecified atom stereocenters. The summed E-state index contributed by atoms with van der Waals surface area (Å²) in [6, 6.07) is 8.82. The van der Waals surface area contributed by atoms with Crippen LogP contribution in [0.5, 0.6) is 0 Å². The van der Waals surface area contributed by atoms with Crippen LogP contribution in [0.2, 0.25) is 0 Å². The molecule has 0 fully saturated rings. The van der Waals surface area contributed by atoms with Gasteiger partial charge in [-0.2, -0.15) is 0 Å². The molecule has 1 amide bonds. The van der Waals surface area contributed by atoms with Crippen LogP contribution in [0.3, 0.4) is 0 Å². The maximum atomic E-state index is 14.1. The van der Waals surface area contributed by atoms with E-state index in [0.717, 1.165) is 12.1 Å². The Morgan fingerprint density at radius 1 is 1.13 bits per heavy atom. The number of benzene rings is 2. The number of allylic oxidation sites excluding steroid dienone is 1. The Morgan fingerprint density at radius 3 is 2.47 bits per heavy atom. The van der Waals surface area contributed by atoms with Crippen LogP contribution in [0.25, 0.3) is 0 Å². The van der Waals surface area contributed by atoms with E-state index in [1.54, 1.807) is 26.8 Å². The van der Waals surface area contributed by atoms with E-state index in [-0.39, 0.29) is 30.0 Å². The Labute approximate surface area is 173 Å². The summed E-state index contributed by atoms with van der Waals surface area (Å²) in [5, 5.41) is 0. The SMILES string of the molecule is CC1=C(C(=O)OC(C)C)[C@@H](c2cccc(F)c2)CC(=O)N1Cc1ccc(F)cc1F. The van der Waals surface area contributed by atoms with E-state index < -0.39 is 35.4 Å². The molecule has 0 saturated carbocycles. The van der Waals surface area contributed by atoms with E-state index >= 15 is 0 Å². The number of hydrogen-bond acceptors (Lipinski definition) is 3. The lowest BCUT2D eigenvalue weighted by Crippen LogP contribution is -2.38. The molecule has 158 valence electrons. The molecule has 1 atom stereocenters. The van der Waals surface area contributed by atoms with Gasteiger partial charge in [-0.15, -0.1) is 0 Å². The summed E-state index contributed by atoms with van der Waals surface area (Å²) in [7, 11) is 0. The molecule has 0 saturated heterocycles. The van der Waals surface area contributed by atoms with Crippen molar-refractivity contribution in [2.45, 2.75) is 45.8 Å². The summed E-state index contributed by atoms with van der Waals surface area (Å²) in [4.78, 5) is 27.0. The van der Waals surface area contributed by atoms with Crippen molar-refractivity contribution in [2.24, 2.45) is 0 Å². The number of carbonyl (C=O) groups is 2. The topological polar surface area (TPSA) is 46.6 Å². The monoisotopic (exact) mass is 417 g/mol. The van der Waals surface area contributed by atoms with Gasteiger partial charge in [0.2, 0.25) is 5.91 Å². The minimum absolute atomic E-state index is 0.105. The number of carbonyl (C=O) groups excluding carboxylic acids is 2. The van der Waals surface area contributed by atoms with Gasteiger partial charge in [0.25, 0.3) is 0 Å². The van der Waals surface area contributed by atoms with E-state index in [1.807, 2.05) is 0 Å². The van der Waals surface area contributed by atoms with Gasteiger partial charge < -0.3 is 9.64 Å². The van der Waals surface area contributed by atoms with Crippen LogP contribution in [0.4, 0.5) is 13.2 Å². The Hall–Kier alpha value is -3.09. The van der Waals surface area contributed by atoms with Gasteiger partial charge in [-0.1, -0.05) is 18.2 Å². The average Bonchev–Trinajstić information content (AvgIpc) is 2.65. The Morgan fingerprint density at radius 2 is 1.83 bits per heavy atom. The molecule has 0 aliphatic carbocycles. The molecule has 0 N–H and O–H groups in total. The zero-order valence-electron chi connectivity index (χ0n) is 16.9. The molecule has 2 aromatic rings. The number of ether oxygens (including phenoxy) is 1. The molecule has 7 heteroatoms. The molecule has 1 aliphatic rings. The van der Waals surface area contributed by atoms with Crippen molar-refractivity contribution in [1.82, 2.24) is 4.90 Å². The fourth-order valence-electron chi connectivity index (χ4n) is 3.57. The molecule has 3 rings (SSSR count). The molecular weight excluding hydrogens is 395 g/mol. The van der Waals surface area contributed by atoms with Gasteiger partial charge in [0, 0.05) is 29.7 Å². The standard InChI is InChI=1S/C23H22F3NO3/c1-13(2)30-23(29)22-14(3)27(12-16-7-8-18(25)10-20(16)26)21(28)11-19(22)15-5-4-6-17(24)9-15/h4-10,13,19H,11-12H2,1-3H3/t19-/m1/s1. The molecule has 4 nitrogen and oxygen atoms in total. The molecule has 0 radical (unpaired) electrons. The summed E-state index contributed by atoms with van der Waals surface area (Å²) in [6.07, 6.45) is -0.502. The van der Waals surface area contributed by atoms with Crippen molar-refractivity contribution in [3.63, 3.8) is 0 Å². The zero-order chi connectivity index (χ0) is 22.0. The van der Waals surface area contributed by atoms with Crippen LogP contribution in [-0.2, 0) is 20.9 Å². The molecule has 2 aromatic carbocycles. The third kappa shape index (κ3) is 4.56. The van der Waals surface area contributed by atoms with Crippen LogP contribution in [0, 0.1) is 17.5 Å². The molecular formula is C23H22F3NO3. The average molecular weight is 417 g/mol. The van der Waals surface area contributed by atoms with E-state index in [0.29, 0.717) is 11.3 Å². The van der Waals surface area contributed by atoms with Gasteiger partial charge in [-0.3, -0.25) is 4.79 Å². The first-order chi connectivity index (χ1) is 14.2. The van der Waals surface area contributed by atoms with E-state index in [4.69, 9.17) is 4.74 Å². The quantitative estimate of drug-likeness (QED) is 0.654. The number of halogens is 3. The number of rotatable bonds is 5. The minimum Gasteiger partial charge on any atom is -0.460 e. The normalized spacial score (nSPS) is 17.0. The molecule has 1 heterocycles. The Balaban J connectivity index is 2.05. The molecule has 30 heavy (non-hydrogen) atoms. The maximum Gasteiger partial charge on any atom is 0.336 e. The lowest BCUT2D eigenvalue weighted by molar-refractivity contribution is -0.143. The predicted molar refractivity (Wildman–Crippen MR) is 105 cm³/mol. The Bertz CT molecular complexity index is 1020. The van der Waals surface area contributed by atoms with Crippen LogP contribution >= 0.6 is 0 Å². The second kappa shape index (κ2) is 8.73. The lowest BCUT2D eigenvalue weighted by atomic mass is 9.83. The van der Waals surface area contributed by atoms with Crippen molar-refractivity contribution in [2.75, 3.05) is 0 Å². The zero-order valence-corrected chi connectivity index (χ0v) is 16.9. The van der Waals surface area contributed by atoms with Crippen LogP contribution < -0.4 is 0 Å².